The Labute approximate surface area is 153 Å². The first-order valence-corrected chi connectivity index (χ1v) is 9.05. The summed E-state index contributed by atoms with van der Waals surface area (Å²) in [4.78, 5) is 23.4. The number of nitrogens with zero attached hydrogens (tertiary/aromatic N) is 2. The van der Waals surface area contributed by atoms with E-state index in [9.17, 15) is 4.79 Å². The first-order chi connectivity index (χ1) is 12.7. The summed E-state index contributed by atoms with van der Waals surface area (Å²) < 4.78 is 0. The number of aryl methyl sites for hydroxylation is 1. The third-order valence-electron chi connectivity index (χ3n) is 4.49. The monoisotopic (exact) mass is 348 g/mol. The first kappa shape index (κ1) is 17.9. The number of aromatic amines is 1. The molecule has 0 aliphatic heterocycles. The number of hydrogen-bond donors (Lipinski definition) is 2. The molecule has 0 bridgehead atoms. The Balaban J connectivity index is 1.70. The van der Waals surface area contributed by atoms with E-state index in [0.29, 0.717) is 11.7 Å². The summed E-state index contributed by atoms with van der Waals surface area (Å²) >= 11 is 0. The summed E-state index contributed by atoms with van der Waals surface area (Å²) in [5.74, 6) is 1.82. The van der Waals surface area contributed by atoms with Gasteiger partial charge in [0, 0.05) is 36.0 Å². The van der Waals surface area contributed by atoms with Crippen LogP contribution in [0.2, 0.25) is 0 Å². The molecule has 26 heavy (non-hydrogen) atoms. The van der Waals surface area contributed by atoms with Crippen LogP contribution in [0.15, 0.2) is 59.5 Å². The fourth-order valence-electron chi connectivity index (χ4n) is 2.92. The van der Waals surface area contributed by atoms with Gasteiger partial charge in [0.1, 0.15) is 11.6 Å². The number of benzene rings is 1. The standard InChI is InChI=1S/C21H24N4O/c1-3-15(16-8-6-5-7-9-16)13-22-19-11-10-17(14-23-19)21-24-18(4-2)12-20(26)25-21/h5-12,14-15H,3-4,13H2,1-2H3,(H,22,23)(H,24,25,26). The zero-order valence-electron chi connectivity index (χ0n) is 15.2. The maximum absolute atomic E-state index is 11.7. The fraction of sp³-hybridized carbons (Fsp3) is 0.286. The number of pyridine rings is 1. The molecular formula is C21H24N4O. The maximum atomic E-state index is 11.7. The Morgan fingerprint density at radius 1 is 1.12 bits per heavy atom. The van der Waals surface area contributed by atoms with Crippen molar-refractivity contribution in [2.75, 3.05) is 11.9 Å². The van der Waals surface area contributed by atoms with Gasteiger partial charge in [0.05, 0.1) is 0 Å². The van der Waals surface area contributed by atoms with E-state index in [1.807, 2.05) is 25.1 Å². The van der Waals surface area contributed by atoms with Crippen LogP contribution in [-0.4, -0.2) is 21.5 Å². The highest BCUT2D eigenvalue weighted by Crippen LogP contribution is 2.20. The molecule has 5 heteroatoms. The first-order valence-electron chi connectivity index (χ1n) is 9.05. The molecule has 1 atom stereocenters. The van der Waals surface area contributed by atoms with Gasteiger partial charge in [0.25, 0.3) is 5.56 Å². The van der Waals surface area contributed by atoms with E-state index >= 15 is 0 Å². The molecule has 0 amide bonds. The molecule has 2 heterocycles. The molecule has 0 fully saturated rings. The molecule has 1 aromatic carbocycles. The van der Waals surface area contributed by atoms with Crippen molar-refractivity contribution in [3.8, 4) is 11.4 Å². The average Bonchev–Trinajstić information content (AvgIpc) is 2.69. The lowest BCUT2D eigenvalue weighted by Crippen LogP contribution is -2.13. The van der Waals surface area contributed by atoms with E-state index in [0.717, 1.165) is 36.5 Å². The lowest BCUT2D eigenvalue weighted by Gasteiger charge is -2.16. The number of hydrogen-bond acceptors (Lipinski definition) is 4. The second-order valence-corrected chi connectivity index (χ2v) is 6.27. The van der Waals surface area contributed by atoms with E-state index in [-0.39, 0.29) is 5.56 Å². The summed E-state index contributed by atoms with van der Waals surface area (Å²) in [6.45, 7) is 5.00. The van der Waals surface area contributed by atoms with E-state index in [2.05, 4.69) is 51.5 Å². The number of anilines is 1. The summed E-state index contributed by atoms with van der Waals surface area (Å²) in [5.41, 5.74) is 2.78. The van der Waals surface area contributed by atoms with Gasteiger partial charge >= 0.3 is 0 Å². The minimum absolute atomic E-state index is 0.136. The van der Waals surface area contributed by atoms with Crippen LogP contribution in [0.5, 0.6) is 0 Å². The molecule has 5 nitrogen and oxygen atoms in total. The van der Waals surface area contributed by atoms with Gasteiger partial charge in [-0.2, -0.15) is 0 Å². The van der Waals surface area contributed by atoms with E-state index in [1.165, 1.54) is 11.6 Å². The summed E-state index contributed by atoms with van der Waals surface area (Å²) in [5, 5.41) is 3.40. The van der Waals surface area contributed by atoms with Crippen LogP contribution in [-0.2, 0) is 6.42 Å². The van der Waals surface area contributed by atoms with Crippen molar-refractivity contribution in [3.05, 3.63) is 76.3 Å². The van der Waals surface area contributed by atoms with Crippen LogP contribution in [0.3, 0.4) is 0 Å². The maximum Gasteiger partial charge on any atom is 0.251 e. The highest BCUT2D eigenvalue weighted by atomic mass is 16.1. The zero-order chi connectivity index (χ0) is 18.4. The number of rotatable bonds is 7. The van der Waals surface area contributed by atoms with Gasteiger partial charge < -0.3 is 10.3 Å². The number of aromatic nitrogens is 3. The topological polar surface area (TPSA) is 70.7 Å². The highest BCUT2D eigenvalue weighted by Gasteiger charge is 2.09. The Hall–Kier alpha value is -2.95. The van der Waals surface area contributed by atoms with Crippen LogP contribution in [0.25, 0.3) is 11.4 Å². The second-order valence-electron chi connectivity index (χ2n) is 6.27. The highest BCUT2D eigenvalue weighted by molar-refractivity contribution is 5.55. The normalized spacial score (nSPS) is 11.9. The van der Waals surface area contributed by atoms with Gasteiger partial charge in [0.2, 0.25) is 0 Å². The fourth-order valence-corrected chi connectivity index (χ4v) is 2.92. The number of H-pyrrole nitrogens is 1. The Bertz CT molecular complexity index is 888. The van der Waals surface area contributed by atoms with Crippen molar-refractivity contribution in [1.82, 2.24) is 15.0 Å². The van der Waals surface area contributed by atoms with Gasteiger partial charge in [-0.25, -0.2) is 9.97 Å². The van der Waals surface area contributed by atoms with Crippen molar-refractivity contribution < 1.29 is 0 Å². The molecule has 0 saturated heterocycles. The van der Waals surface area contributed by atoms with Crippen molar-refractivity contribution in [3.63, 3.8) is 0 Å². The lowest BCUT2D eigenvalue weighted by atomic mass is 9.96. The molecule has 0 aliphatic carbocycles. The van der Waals surface area contributed by atoms with Gasteiger partial charge in [-0.3, -0.25) is 4.79 Å². The quantitative estimate of drug-likeness (QED) is 0.677. The molecule has 2 N–H and O–H groups in total. The molecule has 0 aliphatic rings. The van der Waals surface area contributed by atoms with Crippen molar-refractivity contribution >= 4 is 5.82 Å². The SMILES string of the molecule is CCc1cc(=O)[nH]c(-c2ccc(NCC(CC)c3ccccc3)nc2)n1. The van der Waals surface area contributed by atoms with Crippen LogP contribution in [0.4, 0.5) is 5.82 Å². The molecule has 2 aromatic heterocycles. The molecule has 1 unspecified atom stereocenters. The molecule has 0 saturated carbocycles. The molecule has 3 rings (SSSR count). The third-order valence-corrected chi connectivity index (χ3v) is 4.49. The minimum atomic E-state index is -0.136. The number of nitrogens with one attached hydrogen (secondary N) is 2. The Morgan fingerprint density at radius 3 is 2.58 bits per heavy atom. The Kier molecular flexibility index (Phi) is 5.79. The predicted octanol–water partition coefficient (Wildman–Crippen LogP) is 4.00. The predicted molar refractivity (Wildman–Crippen MR) is 105 cm³/mol. The van der Waals surface area contributed by atoms with Gasteiger partial charge in [-0.05, 0) is 30.5 Å². The van der Waals surface area contributed by atoms with E-state index < -0.39 is 0 Å². The van der Waals surface area contributed by atoms with Crippen molar-refractivity contribution in [2.24, 2.45) is 0 Å². The molecule has 3 aromatic rings. The van der Waals surface area contributed by atoms with Gasteiger partial charge in [-0.1, -0.05) is 44.2 Å². The molecule has 134 valence electrons. The largest absolute Gasteiger partial charge is 0.369 e. The third kappa shape index (κ3) is 4.36. The van der Waals surface area contributed by atoms with E-state index in [1.54, 1.807) is 6.20 Å². The van der Waals surface area contributed by atoms with Crippen LogP contribution < -0.4 is 10.9 Å². The second kappa shape index (κ2) is 8.43. The molecule has 0 radical (unpaired) electrons. The van der Waals surface area contributed by atoms with Gasteiger partial charge in [-0.15, -0.1) is 0 Å². The van der Waals surface area contributed by atoms with Crippen molar-refractivity contribution in [1.29, 1.82) is 0 Å². The minimum Gasteiger partial charge on any atom is -0.369 e. The zero-order valence-corrected chi connectivity index (χ0v) is 15.2. The molecule has 0 spiro atoms. The Morgan fingerprint density at radius 2 is 1.92 bits per heavy atom. The van der Waals surface area contributed by atoms with Crippen LogP contribution in [0, 0.1) is 0 Å². The van der Waals surface area contributed by atoms with Gasteiger partial charge in [0.15, 0.2) is 0 Å². The summed E-state index contributed by atoms with van der Waals surface area (Å²) in [6, 6.07) is 15.9. The molecular weight excluding hydrogens is 324 g/mol. The average molecular weight is 348 g/mol. The summed E-state index contributed by atoms with van der Waals surface area (Å²) in [7, 11) is 0. The lowest BCUT2D eigenvalue weighted by molar-refractivity contribution is 0.693. The smallest absolute Gasteiger partial charge is 0.251 e. The van der Waals surface area contributed by atoms with Crippen LogP contribution in [0.1, 0.15) is 37.4 Å². The summed E-state index contributed by atoms with van der Waals surface area (Å²) in [6.07, 6.45) is 3.52. The van der Waals surface area contributed by atoms with Crippen LogP contribution >= 0.6 is 0 Å². The van der Waals surface area contributed by atoms with Crippen molar-refractivity contribution in [2.45, 2.75) is 32.6 Å². The van der Waals surface area contributed by atoms with E-state index in [4.69, 9.17) is 0 Å².